The average Bonchev–Trinajstić information content (AvgIpc) is 3.01. The van der Waals surface area contributed by atoms with E-state index in [0.717, 1.165) is 36.2 Å². The molecule has 0 amide bonds. The molecule has 0 aliphatic rings. The van der Waals surface area contributed by atoms with Gasteiger partial charge in [-0.05, 0) is 41.8 Å². The van der Waals surface area contributed by atoms with E-state index in [1.54, 1.807) is 36.4 Å². The Morgan fingerprint density at radius 2 is 1.43 bits per heavy atom. The highest BCUT2D eigenvalue weighted by atomic mass is 16.4. The molecule has 0 aliphatic heterocycles. The van der Waals surface area contributed by atoms with Crippen LogP contribution in [0.3, 0.4) is 0 Å². The fourth-order valence-electron chi connectivity index (χ4n) is 3.30. The molecule has 0 spiro atoms. The third-order valence-electron chi connectivity index (χ3n) is 5.00. The minimum Gasteiger partial charge on any atom is -0.492 e. The summed E-state index contributed by atoms with van der Waals surface area (Å²) in [5.41, 5.74) is 2.83. The summed E-state index contributed by atoms with van der Waals surface area (Å²) in [5.74, 6) is -1.23. The van der Waals surface area contributed by atoms with E-state index in [4.69, 9.17) is 10.2 Å². The number of aromatic hydroxyl groups is 1. The highest BCUT2D eigenvalue weighted by molar-refractivity contribution is 5.88. The van der Waals surface area contributed by atoms with Crippen molar-refractivity contribution in [2.75, 3.05) is 0 Å². The predicted molar refractivity (Wildman–Crippen MR) is 111 cm³/mol. The lowest BCUT2D eigenvalue weighted by molar-refractivity contribution is 0.0686. The third kappa shape index (κ3) is 4.86. The Bertz CT molecular complexity index is 1040. The van der Waals surface area contributed by atoms with E-state index >= 15 is 0 Å². The summed E-state index contributed by atoms with van der Waals surface area (Å²) in [6, 6.07) is 13.2. The van der Waals surface area contributed by atoms with Crippen molar-refractivity contribution in [3.05, 3.63) is 82.3 Å². The SMILES string of the molecule is CCCCc1nc(O)c(Cc2ccc(C(=O)O)cc2)n1Cc1ccc(C(=O)O)cc1. The second kappa shape index (κ2) is 9.26. The van der Waals surface area contributed by atoms with Crippen LogP contribution in [0.4, 0.5) is 0 Å². The molecule has 3 aromatic rings. The maximum atomic E-state index is 11.1. The molecular formula is C23H24N2O5. The van der Waals surface area contributed by atoms with Crippen LogP contribution in [-0.4, -0.2) is 36.8 Å². The van der Waals surface area contributed by atoms with Crippen LogP contribution in [0.5, 0.6) is 5.88 Å². The van der Waals surface area contributed by atoms with Gasteiger partial charge in [0.15, 0.2) is 0 Å². The number of aryl methyl sites for hydroxylation is 1. The fourth-order valence-corrected chi connectivity index (χ4v) is 3.30. The molecule has 0 bridgehead atoms. The molecule has 156 valence electrons. The molecule has 0 atom stereocenters. The van der Waals surface area contributed by atoms with Crippen LogP contribution in [0.25, 0.3) is 0 Å². The van der Waals surface area contributed by atoms with E-state index in [1.807, 2.05) is 4.57 Å². The predicted octanol–water partition coefficient (Wildman–Crippen LogP) is 3.97. The molecule has 2 aromatic carbocycles. The first kappa shape index (κ1) is 21.1. The topological polar surface area (TPSA) is 113 Å². The van der Waals surface area contributed by atoms with Crippen LogP contribution in [0.15, 0.2) is 48.5 Å². The molecule has 0 unspecified atom stereocenters. The van der Waals surface area contributed by atoms with Gasteiger partial charge < -0.3 is 19.9 Å². The van der Waals surface area contributed by atoms with Crippen molar-refractivity contribution in [3.8, 4) is 5.88 Å². The van der Waals surface area contributed by atoms with Crippen LogP contribution >= 0.6 is 0 Å². The first-order valence-corrected chi connectivity index (χ1v) is 9.80. The number of unbranched alkanes of at least 4 members (excludes halogenated alkanes) is 1. The Morgan fingerprint density at radius 3 is 1.93 bits per heavy atom. The Morgan fingerprint density at radius 1 is 0.900 bits per heavy atom. The number of aromatic carboxylic acids is 2. The van der Waals surface area contributed by atoms with Gasteiger partial charge in [-0.25, -0.2) is 9.59 Å². The summed E-state index contributed by atoms with van der Waals surface area (Å²) in [4.78, 5) is 26.5. The largest absolute Gasteiger partial charge is 0.492 e. The number of imidazole rings is 1. The Kier molecular flexibility index (Phi) is 6.51. The van der Waals surface area contributed by atoms with E-state index in [2.05, 4.69) is 11.9 Å². The summed E-state index contributed by atoms with van der Waals surface area (Å²) >= 11 is 0. The van der Waals surface area contributed by atoms with E-state index < -0.39 is 11.9 Å². The van der Waals surface area contributed by atoms with Crippen molar-refractivity contribution in [1.82, 2.24) is 9.55 Å². The summed E-state index contributed by atoms with van der Waals surface area (Å²) in [6.45, 7) is 2.54. The van der Waals surface area contributed by atoms with Gasteiger partial charge in [0.25, 0.3) is 0 Å². The molecular weight excluding hydrogens is 384 g/mol. The number of carboxylic acid groups (broad SMARTS) is 2. The number of aromatic nitrogens is 2. The first-order chi connectivity index (χ1) is 14.4. The van der Waals surface area contributed by atoms with Crippen molar-refractivity contribution >= 4 is 11.9 Å². The second-order valence-corrected chi connectivity index (χ2v) is 7.17. The van der Waals surface area contributed by atoms with Crippen LogP contribution in [0, 0.1) is 0 Å². The number of hydrogen-bond acceptors (Lipinski definition) is 4. The molecule has 0 aliphatic carbocycles. The van der Waals surface area contributed by atoms with Gasteiger partial charge in [-0.2, -0.15) is 4.98 Å². The number of rotatable bonds is 9. The van der Waals surface area contributed by atoms with Gasteiger partial charge in [0.1, 0.15) is 5.82 Å². The first-order valence-electron chi connectivity index (χ1n) is 9.80. The smallest absolute Gasteiger partial charge is 0.335 e. The molecule has 1 aromatic heterocycles. The van der Waals surface area contributed by atoms with E-state index in [1.165, 1.54) is 12.1 Å². The minimum atomic E-state index is -0.985. The molecule has 0 saturated heterocycles. The third-order valence-corrected chi connectivity index (χ3v) is 5.00. The lowest BCUT2D eigenvalue weighted by Gasteiger charge is -2.13. The monoisotopic (exact) mass is 408 g/mol. The lowest BCUT2D eigenvalue weighted by atomic mass is 10.1. The number of benzene rings is 2. The standard InChI is InChI=1S/C23H24N2O5/c1-2-3-4-20-24-21(26)19(13-15-5-9-17(10-6-15)22(27)28)25(20)14-16-7-11-18(12-8-16)23(29)30/h5-12,26H,2-4,13-14H2,1H3,(H,27,28)(H,29,30). The van der Waals surface area contributed by atoms with Gasteiger partial charge in [-0.3, -0.25) is 0 Å². The van der Waals surface area contributed by atoms with E-state index in [9.17, 15) is 14.7 Å². The number of carbonyl (C=O) groups is 2. The Hall–Kier alpha value is -3.61. The molecule has 3 N–H and O–H groups in total. The minimum absolute atomic E-state index is 0.0365. The van der Waals surface area contributed by atoms with Gasteiger partial charge in [-0.15, -0.1) is 0 Å². The van der Waals surface area contributed by atoms with Crippen molar-refractivity contribution in [2.24, 2.45) is 0 Å². The van der Waals surface area contributed by atoms with Gasteiger partial charge in [0.2, 0.25) is 5.88 Å². The lowest BCUT2D eigenvalue weighted by Crippen LogP contribution is -2.10. The molecule has 7 nitrogen and oxygen atoms in total. The van der Waals surface area contributed by atoms with Gasteiger partial charge in [0, 0.05) is 19.4 Å². The molecule has 30 heavy (non-hydrogen) atoms. The molecule has 7 heteroatoms. The number of hydrogen-bond donors (Lipinski definition) is 3. The normalized spacial score (nSPS) is 10.8. The van der Waals surface area contributed by atoms with E-state index in [-0.39, 0.29) is 17.0 Å². The molecule has 0 saturated carbocycles. The summed E-state index contributed by atoms with van der Waals surface area (Å²) in [5, 5.41) is 28.7. The molecule has 0 fully saturated rings. The molecule has 0 radical (unpaired) electrons. The van der Waals surface area contributed by atoms with Crippen molar-refractivity contribution in [1.29, 1.82) is 0 Å². The fraction of sp³-hybridized carbons (Fsp3) is 0.261. The zero-order valence-electron chi connectivity index (χ0n) is 16.7. The summed E-state index contributed by atoms with van der Waals surface area (Å²) in [7, 11) is 0. The van der Waals surface area contributed by atoms with E-state index in [0.29, 0.717) is 18.7 Å². The van der Waals surface area contributed by atoms with Crippen molar-refractivity contribution < 1.29 is 24.9 Å². The summed E-state index contributed by atoms with van der Waals surface area (Å²) in [6.07, 6.45) is 3.04. The Labute approximate surface area is 174 Å². The number of nitrogens with zero attached hydrogens (tertiary/aromatic N) is 2. The second-order valence-electron chi connectivity index (χ2n) is 7.17. The molecule has 1 heterocycles. The zero-order chi connectivity index (χ0) is 21.7. The zero-order valence-corrected chi connectivity index (χ0v) is 16.7. The summed E-state index contributed by atoms with van der Waals surface area (Å²) < 4.78 is 1.96. The average molecular weight is 408 g/mol. The van der Waals surface area contributed by atoms with Crippen LogP contribution < -0.4 is 0 Å². The van der Waals surface area contributed by atoms with Gasteiger partial charge >= 0.3 is 11.9 Å². The highest BCUT2D eigenvalue weighted by Crippen LogP contribution is 2.25. The Balaban J connectivity index is 1.92. The maximum Gasteiger partial charge on any atom is 0.335 e. The van der Waals surface area contributed by atoms with Crippen molar-refractivity contribution in [3.63, 3.8) is 0 Å². The van der Waals surface area contributed by atoms with Crippen LogP contribution in [-0.2, 0) is 19.4 Å². The van der Waals surface area contributed by atoms with Gasteiger partial charge in [0.05, 0.1) is 16.8 Å². The molecule has 3 rings (SSSR count). The van der Waals surface area contributed by atoms with Crippen molar-refractivity contribution in [2.45, 2.75) is 39.2 Å². The van der Waals surface area contributed by atoms with Crippen LogP contribution in [0.1, 0.15) is 63.1 Å². The number of carboxylic acids is 2. The quantitative estimate of drug-likeness (QED) is 0.494. The highest BCUT2D eigenvalue weighted by Gasteiger charge is 2.18. The maximum absolute atomic E-state index is 11.1. The van der Waals surface area contributed by atoms with Crippen LogP contribution in [0.2, 0.25) is 0 Å². The van der Waals surface area contributed by atoms with Gasteiger partial charge in [-0.1, -0.05) is 37.6 Å².